The molecule has 0 fully saturated rings. The van der Waals surface area contributed by atoms with E-state index in [-0.39, 0.29) is 11.8 Å². The first kappa shape index (κ1) is 25.8. The predicted octanol–water partition coefficient (Wildman–Crippen LogP) is 6.48. The molecule has 0 bridgehead atoms. The lowest BCUT2D eigenvalue weighted by Gasteiger charge is -2.15. The maximum atomic E-state index is 12.1. The maximum Gasteiger partial charge on any atom is 0.259 e. The summed E-state index contributed by atoms with van der Waals surface area (Å²) in [6.45, 7) is 12.7. The van der Waals surface area contributed by atoms with Crippen molar-refractivity contribution >= 4 is 28.7 Å². The molecule has 0 saturated carbocycles. The Morgan fingerprint density at radius 2 is 1.59 bits per heavy atom. The summed E-state index contributed by atoms with van der Waals surface area (Å²) in [5, 5.41) is 2.41. The SMILES string of the molecule is CCCCOCCC.CCCOc1ccc(-c2cc3c(s2)C(=C(C)C)C(=O)NC3=O)cc1. The average Bonchev–Trinajstić information content (AvgIpc) is 3.21. The number of allylic oxidation sites excluding steroid dienone is 1. The van der Waals surface area contributed by atoms with Crippen molar-refractivity contribution in [3.05, 3.63) is 46.3 Å². The van der Waals surface area contributed by atoms with Gasteiger partial charge in [-0.3, -0.25) is 14.9 Å². The third-order valence-corrected chi connectivity index (χ3v) is 5.96. The van der Waals surface area contributed by atoms with E-state index in [9.17, 15) is 9.59 Å². The topological polar surface area (TPSA) is 64.6 Å². The van der Waals surface area contributed by atoms with Gasteiger partial charge in [-0.15, -0.1) is 11.3 Å². The van der Waals surface area contributed by atoms with Gasteiger partial charge in [-0.1, -0.05) is 32.8 Å². The Morgan fingerprint density at radius 1 is 0.906 bits per heavy atom. The summed E-state index contributed by atoms with van der Waals surface area (Å²) in [5.41, 5.74) is 3.07. The van der Waals surface area contributed by atoms with Gasteiger partial charge in [0.05, 0.1) is 22.6 Å². The van der Waals surface area contributed by atoms with Gasteiger partial charge in [-0.2, -0.15) is 0 Å². The number of carbonyl (C=O) groups is 2. The first-order chi connectivity index (χ1) is 15.4. The molecule has 1 aliphatic heterocycles. The van der Waals surface area contributed by atoms with Crippen molar-refractivity contribution in [2.75, 3.05) is 19.8 Å². The number of unbranched alkanes of at least 4 members (excludes halogenated alkanes) is 1. The molecule has 3 rings (SSSR count). The van der Waals surface area contributed by atoms with Crippen LogP contribution in [0.1, 0.15) is 75.5 Å². The second-order valence-electron chi connectivity index (χ2n) is 7.85. The molecule has 1 aromatic heterocycles. The van der Waals surface area contributed by atoms with Crippen LogP contribution in [0.2, 0.25) is 0 Å². The Labute approximate surface area is 195 Å². The molecule has 2 amide bonds. The van der Waals surface area contributed by atoms with Crippen molar-refractivity contribution in [2.45, 2.75) is 60.3 Å². The van der Waals surface area contributed by atoms with E-state index in [4.69, 9.17) is 9.47 Å². The van der Waals surface area contributed by atoms with E-state index in [1.807, 2.05) is 44.2 Å². The molecule has 0 atom stereocenters. The molecule has 0 aliphatic carbocycles. The number of amides is 2. The van der Waals surface area contributed by atoms with Crippen LogP contribution in [0, 0.1) is 0 Å². The molecule has 2 heterocycles. The van der Waals surface area contributed by atoms with Gasteiger partial charge in [0.1, 0.15) is 5.75 Å². The molecule has 0 unspecified atom stereocenters. The molecule has 1 aliphatic rings. The largest absolute Gasteiger partial charge is 0.494 e. The number of fused-ring (bicyclic) bond motifs is 1. The highest BCUT2D eigenvalue weighted by Crippen LogP contribution is 2.39. The smallest absolute Gasteiger partial charge is 0.259 e. The quantitative estimate of drug-likeness (QED) is 0.266. The van der Waals surface area contributed by atoms with Crippen LogP contribution in [0.15, 0.2) is 35.9 Å². The molecule has 1 aromatic carbocycles. The lowest BCUT2D eigenvalue weighted by atomic mass is 10.00. The summed E-state index contributed by atoms with van der Waals surface area (Å²) in [5.74, 6) is 0.189. The third kappa shape index (κ3) is 7.04. The summed E-state index contributed by atoms with van der Waals surface area (Å²) in [7, 11) is 0. The number of hydrogen-bond donors (Lipinski definition) is 1. The molecule has 1 N–H and O–H groups in total. The van der Waals surface area contributed by atoms with E-state index < -0.39 is 0 Å². The molecule has 0 saturated heterocycles. The van der Waals surface area contributed by atoms with Gasteiger partial charge < -0.3 is 9.47 Å². The minimum Gasteiger partial charge on any atom is -0.494 e. The molecule has 0 spiro atoms. The number of carbonyl (C=O) groups excluding carboxylic acids is 2. The van der Waals surface area contributed by atoms with Crippen LogP contribution >= 0.6 is 11.3 Å². The number of hydrogen-bond acceptors (Lipinski definition) is 5. The van der Waals surface area contributed by atoms with E-state index in [2.05, 4.69) is 26.1 Å². The van der Waals surface area contributed by atoms with Gasteiger partial charge in [-0.05, 0) is 69.0 Å². The molecule has 2 aromatic rings. The van der Waals surface area contributed by atoms with Crippen molar-refractivity contribution in [1.29, 1.82) is 0 Å². The van der Waals surface area contributed by atoms with E-state index in [0.29, 0.717) is 17.7 Å². The van der Waals surface area contributed by atoms with E-state index in [0.717, 1.165) is 52.7 Å². The minimum absolute atomic E-state index is 0.316. The molecule has 6 heteroatoms. The Hall–Kier alpha value is -2.44. The third-order valence-electron chi connectivity index (χ3n) is 4.76. The molecule has 32 heavy (non-hydrogen) atoms. The standard InChI is InChI=1S/C19H19NO3S.C7H16O/c1-4-9-23-13-7-5-12(6-8-13)15-10-14-17(24-15)16(11(2)3)19(22)20-18(14)21;1-3-5-7-8-6-4-2/h5-8,10H,4,9H2,1-3H3,(H,20,21,22);3-7H2,1-2H3. The summed E-state index contributed by atoms with van der Waals surface area (Å²) in [6, 6.07) is 9.66. The molecule has 0 radical (unpaired) electrons. The lowest BCUT2D eigenvalue weighted by molar-refractivity contribution is -0.114. The second-order valence-corrected chi connectivity index (χ2v) is 8.90. The minimum atomic E-state index is -0.328. The van der Waals surface area contributed by atoms with E-state index in [1.54, 1.807) is 0 Å². The summed E-state index contributed by atoms with van der Waals surface area (Å²) >= 11 is 1.48. The number of ether oxygens (including phenoxy) is 2. The van der Waals surface area contributed by atoms with Crippen molar-refractivity contribution in [2.24, 2.45) is 0 Å². The molecular weight excluding hydrogens is 422 g/mol. The van der Waals surface area contributed by atoms with Crippen LogP contribution in [-0.2, 0) is 9.53 Å². The first-order valence-electron chi connectivity index (χ1n) is 11.4. The lowest BCUT2D eigenvalue weighted by Crippen LogP contribution is -2.35. The van der Waals surface area contributed by atoms with E-state index in [1.165, 1.54) is 24.2 Å². The highest BCUT2D eigenvalue weighted by atomic mass is 32.1. The Morgan fingerprint density at radius 3 is 2.19 bits per heavy atom. The van der Waals surface area contributed by atoms with Gasteiger partial charge in [0.2, 0.25) is 0 Å². The zero-order chi connectivity index (χ0) is 23.5. The number of rotatable bonds is 9. The number of thiophene rings is 1. The summed E-state index contributed by atoms with van der Waals surface area (Å²) in [4.78, 5) is 25.9. The van der Waals surface area contributed by atoms with Crippen molar-refractivity contribution < 1.29 is 19.1 Å². The van der Waals surface area contributed by atoms with Crippen LogP contribution in [0.25, 0.3) is 16.0 Å². The maximum absolute atomic E-state index is 12.1. The number of imide groups is 1. The average molecular weight is 458 g/mol. The fourth-order valence-electron chi connectivity index (χ4n) is 3.11. The summed E-state index contributed by atoms with van der Waals surface area (Å²) in [6.07, 6.45) is 4.56. The van der Waals surface area contributed by atoms with Crippen LogP contribution < -0.4 is 10.1 Å². The number of nitrogens with one attached hydrogen (secondary N) is 1. The van der Waals surface area contributed by atoms with Crippen LogP contribution in [0.3, 0.4) is 0 Å². The zero-order valence-electron chi connectivity index (χ0n) is 19.9. The molecular formula is C26H35NO4S. The molecule has 5 nitrogen and oxygen atoms in total. The van der Waals surface area contributed by atoms with Crippen molar-refractivity contribution in [3.8, 4) is 16.2 Å². The first-order valence-corrected chi connectivity index (χ1v) is 12.2. The fourth-order valence-corrected chi connectivity index (χ4v) is 4.42. The Bertz CT molecular complexity index is 918. The van der Waals surface area contributed by atoms with Gasteiger partial charge in [0.25, 0.3) is 11.8 Å². The number of benzene rings is 1. The Kier molecular flexibility index (Phi) is 10.6. The second kappa shape index (κ2) is 13.2. The highest BCUT2D eigenvalue weighted by molar-refractivity contribution is 7.17. The van der Waals surface area contributed by atoms with Crippen molar-refractivity contribution in [1.82, 2.24) is 5.32 Å². The normalized spacial score (nSPS) is 12.6. The van der Waals surface area contributed by atoms with Gasteiger partial charge in [-0.25, -0.2) is 0 Å². The highest BCUT2D eigenvalue weighted by Gasteiger charge is 2.30. The zero-order valence-corrected chi connectivity index (χ0v) is 20.7. The van der Waals surface area contributed by atoms with Gasteiger partial charge in [0, 0.05) is 18.1 Å². The van der Waals surface area contributed by atoms with Crippen molar-refractivity contribution in [3.63, 3.8) is 0 Å². The van der Waals surface area contributed by atoms with Crippen LogP contribution in [0.4, 0.5) is 0 Å². The Balaban J connectivity index is 0.000000390. The fraction of sp³-hybridized carbons (Fsp3) is 0.462. The molecule has 174 valence electrons. The van der Waals surface area contributed by atoms with Gasteiger partial charge in [0.15, 0.2) is 0 Å². The van der Waals surface area contributed by atoms with Gasteiger partial charge >= 0.3 is 0 Å². The monoisotopic (exact) mass is 457 g/mol. The summed E-state index contributed by atoms with van der Waals surface area (Å²) < 4.78 is 10.8. The predicted molar refractivity (Wildman–Crippen MR) is 132 cm³/mol. The van der Waals surface area contributed by atoms with Crippen LogP contribution in [-0.4, -0.2) is 31.6 Å². The van der Waals surface area contributed by atoms with Crippen LogP contribution in [0.5, 0.6) is 5.75 Å². The van der Waals surface area contributed by atoms with E-state index >= 15 is 0 Å².